The number of methoxy groups -OCH3 is 1. The summed E-state index contributed by atoms with van der Waals surface area (Å²) in [4.78, 5) is 14.1. The fourth-order valence-electron chi connectivity index (χ4n) is 1.44. The molecule has 0 fully saturated rings. The van der Waals surface area contributed by atoms with Crippen LogP contribution in [0.1, 0.15) is 16.6 Å². The minimum atomic E-state index is -0.366. The number of carbonyl (C=O) groups is 1. The number of nitrogens with two attached hydrogens (primary N) is 1. The predicted molar refractivity (Wildman–Crippen MR) is 74.6 cm³/mol. The van der Waals surface area contributed by atoms with Crippen molar-refractivity contribution >= 4 is 34.3 Å². The molecule has 2 aromatic heterocycles. The molecule has 2 aromatic rings. The number of hydrogen-bond donors (Lipinski definition) is 1. The second-order valence-corrected chi connectivity index (χ2v) is 5.43. The number of rotatable bonds is 4. The summed E-state index contributed by atoms with van der Waals surface area (Å²) in [5.74, 6) is 0.439. The van der Waals surface area contributed by atoms with Crippen molar-refractivity contribution in [3.63, 3.8) is 0 Å². The zero-order chi connectivity index (χ0) is 13.1. The van der Waals surface area contributed by atoms with Gasteiger partial charge in [-0.25, -0.2) is 4.79 Å². The van der Waals surface area contributed by atoms with Crippen molar-refractivity contribution < 1.29 is 14.3 Å². The fraction of sp³-hybridized carbons (Fsp3) is 0.250. The van der Waals surface area contributed by atoms with Crippen LogP contribution in [0.4, 0.5) is 5.69 Å². The predicted octanol–water partition coefficient (Wildman–Crippen LogP) is 3.24. The van der Waals surface area contributed by atoms with Crippen LogP contribution in [0.5, 0.6) is 5.75 Å². The number of ether oxygens (including phenoxy) is 2. The van der Waals surface area contributed by atoms with Crippen LogP contribution in [0, 0.1) is 0 Å². The van der Waals surface area contributed by atoms with Crippen molar-refractivity contribution in [1.29, 1.82) is 0 Å². The number of thiophene rings is 2. The standard InChI is InChI=1S/C12H13NO3S2/c1-3-16-12(14)11-8(13)5-10(18-11)9-4-7(15-2)6-17-9/h4-6H,3,13H2,1-2H3. The van der Waals surface area contributed by atoms with Crippen LogP contribution in [0.2, 0.25) is 0 Å². The number of nitrogen functional groups attached to an aromatic ring is 1. The monoisotopic (exact) mass is 283 g/mol. The summed E-state index contributed by atoms with van der Waals surface area (Å²) in [5.41, 5.74) is 6.29. The molecule has 0 bridgehead atoms. The molecule has 96 valence electrons. The summed E-state index contributed by atoms with van der Waals surface area (Å²) in [5, 5.41) is 1.91. The Morgan fingerprint density at radius 2 is 2.17 bits per heavy atom. The minimum absolute atomic E-state index is 0.346. The van der Waals surface area contributed by atoms with Crippen LogP contribution in [0.3, 0.4) is 0 Å². The van der Waals surface area contributed by atoms with Gasteiger partial charge in [-0.3, -0.25) is 0 Å². The van der Waals surface area contributed by atoms with Crippen molar-refractivity contribution in [2.24, 2.45) is 0 Å². The molecule has 0 aromatic carbocycles. The van der Waals surface area contributed by atoms with Gasteiger partial charge < -0.3 is 15.2 Å². The second-order valence-electron chi connectivity index (χ2n) is 3.47. The number of hydrogen-bond acceptors (Lipinski definition) is 6. The van der Waals surface area contributed by atoms with E-state index in [4.69, 9.17) is 15.2 Å². The molecule has 0 aliphatic rings. The normalized spacial score (nSPS) is 10.3. The molecule has 4 nitrogen and oxygen atoms in total. The first kappa shape index (κ1) is 12.9. The maximum absolute atomic E-state index is 11.7. The van der Waals surface area contributed by atoms with Gasteiger partial charge in [-0.05, 0) is 19.1 Å². The molecular weight excluding hydrogens is 270 g/mol. The Kier molecular flexibility index (Phi) is 3.88. The molecule has 0 saturated carbocycles. The minimum Gasteiger partial charge on any atom is -0.496 e. The Morgan fingerprint density at radius 3 is 2.78 bits per heavy atom. The van der Waals surface area contributed by atoms with Gasteiger partial charge in [-0.15, -0.1) is 22.7 Å². The molecule has 18 heavy (non-hydrogen) atoms. The summed E-state index contributed by atoms with van der Waals surface area (Å²) in [6.07, 6.45) is 0. The average Bonchev–Trinajstić information content (AvgIpc) is 2.95. The smallest absolute Gasteiger partial charge is 0.350 e. The van der Waals surface area contributed by atoms with Gasteiger partial charge in [0.1, 0.15) is 10.6 Å². The van der Waals surface area contributed by atoms with E-state index in [1.165, 1.54) is 11.3 Å². The van der Waals surface area contributed by atoms with Gasteiger partial charge in [0.15, 0.2) is 0 Å². The van der Waals surface area contributed by atoms with E-state index in [0.29, 0.717) is 17.2 Å². The Labute approximate surface area is 113 Å². The van der Waals surface area contributed by atoms with E-state index in [1.807, 2.05) is 11.4 Å². The Balaban J connectivity index is 2.30. The highest BCUT2D eigenvalue weighted by atomic mass is 32.1. The van der Waals surface area contributed by atoms with E-state index in [-0.39, 0.29) is 5.97 Å². The van der Waals surface area contributed by atoms with Crippen molar-refractivity contribution in [2.75, 3.05) is 19.5 Å². The number of carbonyl (C=O) groups excluding carboxylic acids is 1. The van der Waals surface area contributed by atoms with Gasteiger partial charge in [0.05, 0.1) is 19.4 Å². The van der Waals surface area contributed by atoms with Crippen LogP contribution in [-0.2, 0) is 4.74 Å². The highest BCUT2D eigenvalue weighted by Crippen LogP contribution is 2.38. The van der Waals surface area contributed by atoms with E-state index in [9.17, 15) is 4.79 Å². The Hall–Kier alpha value is -1.53. The zero-order valence-electron chi connectivity index (χ0n) is 10.1. The molecule has 0 aliphatic carbocycles. The van der Waals surface area contributed by atoms with E-state index in [0.717, 1.165) is 15.5 Å². The van der Waals surface area contributed by atoms with Crippen LogP contribution in [-0.4, -0.2) is 19.7 Å². The topological polar surface area (TPSA) is 61.5 Å². The zero-order valence-corrected chi connectivity index (χ0v) is 11.7. The molecule has 0 atom stereocenters. The summed E-state index contributed by atoms with van der Waals surface area (Å²) in [6, 6.07) is 3.72. The van der Waals surface area contributed by atoms with Crippen molar-refractivity contribution in [3.8, 4) is 15.5 Å². The van der Waals surface area contributed by atoms with Gasteiger partial charge in [0.25, 0.3) is 0 Å². The SMILES string of the molecule is CCOC(=O)c1sc(-c2cc(OC)cs2)cc1N. The fourth-order valence-corrected chi connectivity index (χ4v) is 3.36. The van der Waals surface area contributed by atoms with Gasteiger partial charge in [-0.1, -0.05) is 0 Å². The molecule has 0 spiro atoms. The quantitative estimate of drug-likeness (QED) is 0.875. The molecule has 0 unspecified atom stereocenters. The van der Waals surface area contributed by atoms with E-state index >= 15 is 0 Å². The van der Waals surface area contributed by atoms with Crippen LogP contribution in [0.25, 0.3) is 9.75 Å². The second kappa shape index (κ2) is 5.41. The highest BCUT2D eigenvalue weighted by Gasteiger charge is 2.17. The lowest BCUT2D eigenvalue weighted by molar-refractivity contribution is 0.0533. The first-order valence-corrected chi connectivity index (χ1v) is 7.04. The molecule has 2 rings (SSSR count). The first-order chi connectivity index (χ1) is 8.65. The maximum atomic E-state index is 11.7. The molecule has 6 heteroatoms. The van der Waals surface area contributed by atoms with Crippen LogP contribution < -0.4 is 10.5 Å². The van der Waals surface area contributed by atoms with Crippen molar-refractivity contribution in [1.82, 2.24) is 0 Å². The van der Waals surface area contributed by atoms with E-state index in [2.05, 4.69) is 0 Å². The number of anilines is 1. The highest BCUT2D eigenvalue weighted by molar-refractivity contribution is 7.22. The van der Waals surface area contributed by atoms with Gasteiger partial charge in [0, 0.05) is 15.1 Å². The molecule has 2 heterocycles. The van der Waals surface area contributed by atoms with Crippen LogP contribution in [0.15, 0.2) is 17.5 Å². The van der Waals surface area contributed by atoms with Gasteiger partial charge >= 0.3 is 5.97 Å². The molecular formula is C12H13NO3S2. The van der Waals surface area contributed by atoms with E-state index in [1.54, 1.807) is 31.4 Å². The maximum Gasteiger partial charge on any atom is 0.350 e. The summed E-state index contributed by atoms with van der Waals surface area (Å²) in [6.45, 7) is 2.12. The third-order valence-electron chi connectivity index (χ3n) is 2.28. The summed E-state index contributed by atoms with van der Waals surface area (Å²) in [7, 11) is 1.62. The molecule has 0 amide bonds. The lowest BCUT2D eigenvalue weighted by atomic mass is 10.3. The van der Waals surface area contributed by atoms with Crippen LogP contribution >= 0.6 is 22.7 Å². The Bertz CT molecular complexity index is 559. The molecule has 2 N–H and O–H groups in total. The molecule has 0 saturated heterocycles. The largest absolute Gasteiger partial charge is 0.496 e. The molecule has 0 aliphatic heterocycles. The third-order valence-corrected chi connectivity index (χ3v) is 4.51. The Morgan fingerprint density at radius 1 is 1.39 bits per heavy atom. The lowest BCUT2D eigenvalue weighted by Gasteiger charge is -1.98. The van der Waals surface area contributed by atoms with Crippen molar-refractivity contribution in [3.05, 3.63) is 22.4 Å². The first-order valence-electron chi connectivity index (χ1n) is 5.35. The van der Waals surface area contributed by atoms with Gasteiger partial charge in [0.2, 0.25) is 0 Å². The van der Waals surface area contributed by atoms with Gasteiger partial charge in [-0.2, -0.15) is 0 Å². The number of esters is 1. The van der Waals surface area contributed by atoms with E-state index < -0.39 is 0 Å². The molecule has 0 radical (unpaired) electrons. The third kappa shape index (κ3) is 2.49. The summed E-state index contributed by atoms with van der Waals surface area (Å²) < 4.78 is 10.1. The lowest BCUT2D eigenvalue weighted by Crippen LogP contribution is -2.04. The average molecular weight is 283 g/mol. The van der Waals surface area contributed by atoms with Crippen molar-refractivity contribution in [2.45, 2.75) is 6.92 Å². The summed E-state index contributed by atoms with van der Waals surface area (Å²) >= 11 is 2.89.